The van der Waals surface area contributed by atoms with Crippen LogP contribution in [0.3, 0.4) is 0 Å². The summed E-state index contributed by atoms with van der Waals surface area (Å²) >= 11 is 0. The van der Waals surface area contributed by atoms with Gasteiger partial charge in [0.15, 0.2) is 0 Å². The fourth-order valence-corrected chi connectivity index (χ4v) is 3.80. The highest BCUT2D eigenvalue weighted by Crippen LogP contribution is 2.35. The summed E-state index contributed by atoms with van der Waals surface area (Å²) in [6.45, 7) is 4.73. The molecule has 5 rings (SSSR count). The number of fused-ring (bicyclic) bond motifs is 4. The Morgan fingerprint density at radius 2 is 2.10 bits per heavy atom. The summed E-state index contributed by atoms with van der Waals surface area (Å²) in [5.74, 6) is 3.23. The molecule has 1 aromatic rings. The monoisotopic (exact) mass is 288 g/mol. The van der Waals surface area contributed by atoms with Crippen LogP contribution in [0.25, 0.3) is 0 Å². The third-order valence-corrected chi connectivity index (χ3v) is 5.13. The number of anilines is 1. The molecular weight excluding hydrogens is 264 g/mol. The molecule has 1 aliphatic carbocycles. The van der Waals surface area contributed by atoms with Crippen molar-refractivity contribution in [3.63, 3.8) is 0 Å². The van der Waals surface area contributed by atoms with Gasteiger partial charge >= 0.3 is 0 Å². The molecule has 1 saturated carbocycles. The van der Waals surface area contributed by atoms with Crippen LogP contribution in [0.1, 0.15) is 25.7 Å². The number of hydrogen-bond acceptors (Lipinski definition) is 5. The first kappa shape index (κ1) is 13.3. The maximum atomic E-state index is 5.24. The summed E-state index contributed by atoms with van der Waals surface area (Å²) < 4.78 is 5.24. The highest BCUT2D eigenvalue weighted by atomic mass is 16.5. The number of piperidine rings is 1. The molecule has 114 valence electrons. The minimum Gasteiger partial charge on any atom is -0.481 e. The van der Waals surface area contributed by atoms with E-state index in [1.165, 1.54) is 38.8 Å². The summed E-state index contributed by atoms with van der Waals surface area (Å²) in [4.78, 5) is 14.1. The van der Waals surface area contributed by atoms with Crippen LogP contribution in [0.4, 0.5) is 5.95 Å². The van der Waals surface area contributed by atoms with Crippen LogP contribution in [0.2, 0.25) is 0 Å². The van der Waals surface area contributed by atoms with Crippen LogP contribution in [0, 0.1) is 11.8 Å². The lowest BCUT2D eigenvalue weighted by Gasteiger charge is -2.36. The van der Waals surface area contributed by atoms with Crippen molar-refractivity contribution in [3.05, 3.63) is 12.3 Å². The third kappa shape index (κ3) is 2.84. The van der Waals surface area contributed by atoms with E-state index in [1.54, 1.807) is 13.3 Å². The van der Waals surface area contributed by atoms with E-state index in [4.69, 9.17) is 4.74 Å². The van der Waals surface area contributed by atoms with Crippen LogP contribution in [-0.4, -0.2) is 54.2 Å². The lowest BCUT2D eigenvalue weighted by atomic mass is 9.95. The Morgan fingerprint density at radius 1 is 1.19 bits per heavy atom. The standard InChI is InChI=1S/C16H24N4O/c1-21-15-6-7-17-16(18-15)20-10-13-4-5-14(11-20)19(9-13)8-12-2-3-12/h6-7,12-14H,2-5,8-11H2,1H3/t13-,14-/m0/s1. The number of methoxy groups -OCH3 is 1. The van der Waals surface area contributed by atoms with E-state index in [1.807, 2.05) is 6.07 Å². The Kier molecular flexibility index (Phi) is 3.45. The van der Waals surface area contributed by atoms with E-state index in [-0.39, 0.29) is 0 Å². The second-order valence-corrected chi connectivity index (χ2v) is 6.80. The summed E-state index contributed by atoms with van der Waals surface area (Å²) in [7, 11) is 1.66. The van der Waals surface area contributed by atoms with Gasteiger partial charge in [-0.2, -0.15) is 4.98 Å². The van der Waals surface area contributed by atoms with Crippen molar-refractivity contribution in [3.8, 4) is 5.88 Å². The molecule has 0 unspecified atom stereocenters. The van der Waals surface area contributed by atoms with E-state index >= 15 is 0 Å². The summed E-state index contributed by atoms with van der Waals surface area (Å²) in [5.41, 5.74) is 0. The molecule has 4 fully saturated rings. The SMILES string of the molecule is COc1ccnc(N2C[C@H]3CC[C@@H](C2)N(CC2CC2)C3)n1. The molecule has 0 amide bonds. The maximum absolute atomic E-state index is 5.24. The Morgan fingerprint density at radius 3 is 2.90 bits per heavy atom. The molecule has 0 spiro atoms. The van der Waals surface area contributed by atoms with E-state index < -0.39 is 0 Å². The van der Waals surface area contributed by atoms with Crippen molar-refractivity contribution >= 4 is 5.95 Å². The van der Waals surface area contributed by atoms with Gasteiger partial charge in [0.25, 0.3) is 0 Å². The molecule has 3 saturated heterocycles. The average molecular weight is 288 g/mol. The van der Waals surface area contributed by atoms with Gasteiger partial charge in [0, 0.05) is 44.5 Å². The van der Waals surface area contributed by atoms with Crippen LogP contribution in [0.5, 0.6) is 5.88 Å². The summed E-state index contributed by atoms with van der Waals surface area (Å²) in [6, 6.07) is 2.49. The fraction of sp³-hybridized carbons (Fsp3) is 0.750. The number of hydrogen-bond donors (Lipinski definition) is 0. The van der Waals surface area contributed by atoms with Crippen LogP contribution in [0.15, 0.2) is 12.3 Å². The normalized spacial score (nSPS) is 29.5. The Balaban J connectivity index is 1.52. The van der Waals surface area contributed by atoms with Gasteiger partial charge in [-0.15, -0.1) is 0 Å². The van der Waals surface area contributed by atoms with Crippen molar-refractivity contribution in [1.29, 1.82) is 0 Å². The summed E-state index contributed by atoms with van der Waals surface area (Å²) in [5, 5.41) is 0. The van der Waals surface area contributed by atoms with Crippen molar-refractivity contribution in [1.82, 2.24) is 14.9 Å². The van der Waals surface area contributed by atoms with Crippen LogP contribution < -0.4 is 9.64 Å². The molecule has 5 nitrogen and oxygen atoms in total. The minimum absolute atomic E-state index is 0.659. The van der Waals surface area contributed by atoms with Gasteiger partial charge < -0.3 is 9.64 Å². The predicted octanol–water partition coefficient (Wildman–Crippen LogP) is 1.80. The molecule has 21 heavy (non-hydrogen) atoms. The average Bonchev–Trinajstić information content (AvgIpc) is 3.35. The van der Waals surface area contributed by atoms with Crippen molar-refractivity contribution in [2.24, 2.45) is 11.8 Å². The van der Waals surface area contributed by atoms with Gasteiger partial charge in [-0.1, -0.05) is 0 Å². The molecule has 2 atom stereocenters. The number of aromatic nitrogens is 2. The topological polar surface area (TPSA) is 41.5 Å². The second kappa shape index (κ2) is 5.44. The van der Waals surface area contributed by atoms with E-state index in [9.17, 15) is 0 Å². The number of ether oxygens (including phenoxy) is 1. The van der Waals surface area contributed by atoms with Gasteiger partial charge in [-0.05, 0) is 37.5 Å². The van der Waals surface area contributed by atoms with Gasteiger partial charge in [0.2, 0.25) is 11.8 Å². The molecule has 4 aliphatic rings. The molecular formula is C16H24N4O. The molecule has 1 aromatic heterocycles. The van der Waals surface area contributed by atoms with E-state index in [0.717, 1.165) is 30.9 Å². The van der Waals surface area contributed by atoms with Gasteiger partial charge in [-0.25, -0.2) is 4.98 Å². The van der Waals surface area contributed by atoms with Crippen molar-refractivity contribution < 1.29 is 4.74 Å². The quantitative estimate of drug-likeness (QED) is 0.845. The Labute approximate surface area is 126 Å². The van der Waals surface area contributed by atoms with E-state index in [0.29, 0.717) is 11.9 Å². The first-order valence-electron chi connectivity index (χ1n) is 8.18. The fourth-order valence-electron chi connectivity index (χ4n) is 3.80. The van der Waals surface area contributed by atoms with Crippen molar-refractivity contribution in [2.45, 2.75) is 31.7 Å². The Hall–Kier alpha value is -1.36. The highest BCUT2D eigenvalue weighted by Gasteiger charge is 2.37. The second-order valence-electron chi connectivity index (χ2n) is 6.80. The molecule has 3 aliphatic heterocycles. The molecule has 0 N–H and O–H groups in total. The highest BCUT2D eigenvalue weighted by molar-refractivity contribution is 5.33. The van der Waals surface area contributed by atoms with Gasteiger partial charge in [0.05, 0.1) is 7.11 Å². The molecule has 0 aromatic carbocycles. The van der Waals surface area contributed by atoms with E-state index in [2.05, 4.69) is 19.8 Å². The predicted molar refractivity (Wildman–Crippen MR) is 81.6 cm³/mol. The lowest BCUT2D eigenvalue weighted by molar-refractivity contribution is 0.128. The molecule has 2 bridgehead atoms. The largest absolute Gasteiger partial charge is 0.481 e. The zero-order valence-electron chi connectivity index (χ0n) is 12.7. The molecule has 5 heteroatoms. The minimum atomic E-state index is 0.659. The number of rotatable bonds is 4. The Bertz CT molecular complexity index is 505. The molecule has 0 radical (unpaired) electrons. The van der Waals surface area contributed by atoms with Crippen LogP contribution >= 0.6 is 0 Å². The van der Waals surface area contributed by atoms with Crippen molar-refractivity contribution in [2.75, 3.05) is 38.2 Å². The molecule has 4 heterocycles. The number of nitrogens with zero attached hydrogens (tertiary/aromatic N) is 4. The lowest BCUT2D eigenvalue weighted by Crippen LogP contribution is -2.44. The maximum Gasteiger partial charge on any atom is 0.228 e. The first-order chi connectivity index (χ1) is 10.3. The third-order valence-electron chi connectivity index (χ3n) is 5.13. The zero-order valence-corrected chi connectivity index (χ0v) is 12.7. The summed E-state index contributed by atoms with van der Waals surface area (Å²) in [6.07, 6.45) is 7.37. The smallest absolute Gasteiger partial charge is 0.228 e. The van der Waals surface area contributed by atoms with Gasteiger partial charge in [0.1, 0.15) is 0 Å². The van der Waals surface area contributed by atoms with Crippen LogP contribution in [-0.2, 0) is 0 Å². The van der Waals surface area contributed by atoms with Gasteiger partial charge in [-0.3, -0.25) is 4.90 Å². The zero-order chi connectivity index (χ0) is 14.2. The first-order valence-corrected chi connectivity index (χ1v) is 8.18.